The van der Waals surface area contributed by atoms with Crippen molar-refractivity contribution in [3.05, 3.63) is 103 Å². The Bertz CT molecular complexity index is 2050. The Hall–Kier alpha value is -1.54. The smallest absolute Gasteiger partial charge is 0.184 e. The lowest BCUT2D eigenvalue weighted by Crippen LogP contribution is -3.00. The first-order valence-electron chi connectivity index (χ1n) is 24.5. The van der Waals surface area contributed by atoms with Crippen molar-refractivity contribution in [3.8, 4) is 0 Å². The number of hydrogen-bond donors (Lipinski definition) is 0. The summed E-state index contributed by atoms with van der Waals surface area (Å²) in [6.07, 6.45) is 9.08. The summed E-state index contributed by atoms with van der Waals surface area (Å²) in [6.45, 7) is 21.2. The van der Waals surface area contributed by atoms with Crippen LogP contribution >= 0.6 is 7.26 Å². The Kier molecular flexibility index (Phi) is 13.7. The van der Waals surface area contributed by atoms with Gasteiger partial charge in [-0.05, 0) is 121 Å². The molecule has 11 heteroatoms. The van der Waals surface area contributed by atoms with E-state index in [0.29, 0.717) is 6.61 Å². The maximum Gasteiger partial charge on any atom is 0.184 e. The van der Waals surface area contributed by atoms with Crippen molar-refractivity contribution in [2.45, 2.75) is 196 Å². The predicted molar refractivity (Wildman–Crippen MR) is 258 cm³/mol. The number of rotatable bonds is 8. The van der Waals surface area contributed by atoms with Crippen LogP contribution in [0.1, 0.15) is 92.9 Å². The van der Waals surface area contributed by atoms with E-state index >= 15 is 0 Å². The number of hydrogen-bond acceptors (Lipinski definition) is 8. The third-order valence-corrected chi connectivity index (χ3v) is 21.9. The van der Waals surface area contributed by atoms with Gasteiger partial charge < -0.3 is 61.6 Å². The van der Waals surface area contributed by atoms with Crippen molar-refractivity contribution in [2.24, 2.45) is 5.92 Å². The largest absolute Gasteiger partial charge is 1.00 e. The zero-order chi connectivity index (χ0) is 44.7. The van der Waals surface area contributed by atoms with Crippen LogP contribution in [0.5, 0.6) is 0 Å². The molecule has 7 aliphatic rings. The highest BCUT2D eigenvalue weighted by molar-refractivity contribution is 7.95. The predicted octanol–water partition coefficient (Wildman–Crippen LogP) is 6.47. The van der Waals surface area contributed by atoms with Crippen LogP contribution < -0.4 is 39.9 Å². The summed E-state index contributed by atoms with van der Waals surface area (Å²) in [5.41, 5.74) is -0.777. The molecule has 3 aromatic carbocycles. The second-order valence-corrected chi connectivity index (χ2v) is 30.5. The van der Waals surface area contributed by atoms with E-state index in [-0.39, 0.29) is 90.9 Å². The molecule has 0 spiro atoms. The first-order chi connectivity index (χ1) is 30.5. The molecule has 0 aliphatic carbocycles. The van der Waals surface area contributed by atoms with E-state index in [0.717, 1.165) is 57.5 Å². The van der Waals surface area contributed by atoms with Crippen molar-refractivity contribution >= 4 is 31.5 Å². The van der Waals surface area contributed by atoms with Gasteiger partial charge in [-0.25, -0.2) is 0 Å². The van der Waals surface area contributed by atoms with Gasteiger partial charge in [0.2, 0.25) is 0 Å². The lowest BCUT2D eigenvalue weighted by Gasteiger charge is -2.60. The van der Waals surface area contributed by atoms with Gasteiger partial charge in [0.25, 0.3) is 0 Å². The van der Waals surface area contributed by atoms with Gasteiger partial charge in [-0.15, -0.1) is 0 Å². The van der Waals surface area contributed by atoms with Crippen molar-refractivity contribution in [1.29, 1.82) is 0 Å². The van der Waals surface area contributed by atoms with Gasteiger partial charge in [-0.2, -0.15) is 0 Å². The quantitative estimate of drug-likeness (QED) is 0.110. The van der Waals surface area contributed by atoms with Crippen LogP contribution in [0.3, 0.4) is 0 Å². The first-order valence-corrected chi connectivity index (χ1v) is 29.9. The number of ether oxygens (including phenoxy) is 7. The van der Waals surface area contributed by atoms with Gasteiger partial charge in [0.15, 0.2) is 8.32 Å². The molecule has 8 nitrogen and oxygen atoms in total. The summed E-state index contributed by atoms with van der Waals surface area (Å²) in [7, 11) is -4.14. The maximum atomic E-state index is 7.69. The fourth-order valence-electron chi connectivity index (χ4n) is 13.0. The van der Waals surface area contributed by atoms with Crippen LogP contribution in [0, 0.1) is 5.92 Å². The van der Waals surface area contributed by atoms with Gasteiger partial charge >= 0.3 is 0 Å². The molecule has 0 saturated carbocycles. The standard InChI is InChI=1S/C54H74O8PSi.HI/c1-36-26-29-55-43-32-45-53(5,60-50(36)43)34-44-42(57-45)31-37(2)49-41(56-44)25-27-52(4)46(58-49)33-47-54(6,62-52)35-48(61-64(7,8)9)51(3,59-47)28-30-63(38-19-13-10-14-20-38,39-21-15-11-16-22-39)40-23-17-12-18-24-40;/h10-24,26,37,41-50H,25,27-35H2,1-9H3;1H/q+1;/p-1/t37-,41+,42+,43+,44-,45-,46+,47-,48-,49-,50-,51+,52-,53+,54+;/m1./s1. The molecule has 3 aromatic rings. The van der Waals surface area contributed by atoms with E-state index in [4.69, 9.17) is 37.6 Å². The molecular weight excluding hydrogens is 963 g/mol. The topological polar surface area (TPSA) is 73.8 Å². The first kappa shape index (κ1) is 48.5. The van der Waals surface area contributed by atoms with Crippen LogP contribution in [0.2, 0.25) is 19.6 Å². The molecule has 0 N–H and O–H groups in total. The van der Waals surface area contributed by atoms with Gasteiger partial charge in [0.05, 0.1) is 90.1 Å². The van der Waals surface area contributed by atoms with Crippen molar-refractivity contribution < 1.29 is 61.6 Å². The summed E-state index contributed by atoms with van der Waals surface area (Å²) < 4.78 is 57.3. The van der Waals surface area contributed by atoms with Crippen molar-refractivity contribution in [3.63, 3.8) is 0 Å². The van der Waals surface area contributed by atoms with Gasteiger partial charge in [0.1, 0.15) is 29.3 Å². The van der Waals surface area contributed by atoms with Crippen LogP contribution in [0.4, 0.5) is 0 Å². The van der Waals surface area contributed by atoms with Gasteiger partial charge in [-0.3, -0.25) is 0 Å². The van der Waals surface area contributed by atoms with E-state index in [1.54, 1.807) is 0 Å². The second-order valence-electron chi connectivity index (χ2n) is 22.4. The molecule has 7 heterocycles. The summed E-state index contributed by atoms with van der Waals surface area (Å²) in [5.74, 6) is 0.242. The molecule has 65 heavy (non-hydrogen) atoms. The molecule has 7 aliphatic heterocycles. The molecule has 0 unspecified atom stereocenters. The molecular formula is C54H74IO8PSi. The SMILES string of the molecule is CC1=CCO[C@H]2C[C@H]3O[C@H]4C[C@@H](C)[C@H]5O[C@H]6C[C@H]7O[C@@](C)(CC[P+](c8ccccc8)(c8ccccc8)c8ccccc8)[C@H](O[Si](C)(C)C)C[C@]7(C)O[C@]6(C)CC[C@@H]5O[C@@H]4C[C@]3(C)O[C@H]12.[I-]. The van der Waals surface area contributed by atoms with Gasteiger partial charge in [0, 0.05) is 32.1 Å². The fraction of sp³-hybridized carbons (Fsp3) is 0.630. The van der Waals surface area contributed by atoms with E-state index in [1.807, 2.05) is 0 Å². The Morgan fingerprint density at radius 3 is 1.89 bits per heavy atom. The Balaban J connectivity index is 0.00000533. The zero-order valence-electron chi connectivity index (χ0n) is 40.3. The minimum Gasteiger partial charge on any atom is -1.00 e. The minimum absolute atomic E-state index is 0. The summed E-state index contributed by atoms with van der Waals surface area (Å²) >= 11 is 0. The number of benzene rings is 3. The third kappa shape index (κ3) is 9.09. The Labute approximate surface area is 408 Å². The average Bonchev–Trinajstić information content (AvgIpc) is 3.47. The molecule has 0 amide bonds. The van der Waals surface area contributed by atoms with E-state index < -0.39 is 38.0 Å². The highest BCUT2D eigenvalue weighted by Crippen LogP contribution is 2.59. The lowest BCUT2D eigenvalue weighted by molar-refractivity contribution is -0.338. The maximum absolute atomic E-state index is 7.69. The fourth-order valence-corrected chi connectivity index (χ4v) is 18.6. The molecule has 0 aromatic heterocycles. The monoisotopic (exact) mass is 1040 g/mol. The normalized spacial score (nSPS) is 41.6. The van der Waals surface area contributed by atoms with Crippen LogP contribution in [-0.4, -0.2) is 105 Å². The molecule has 0 bridgehead atoms. The minimum atomic E-state index is -2.12. The highest BCUT2D eigenvalue weighted by Gasteiger charge is 2.63. The van der Waals surface area contributed by atoms with Crippen LogP contribution in [0.25, 0.3) is 0 Å². The average molecular weight is 1040 g/mol. The third-order valence-electron chi connectivity index (χ3n) is 16.5. The molecule has 15 atom stereocenters. The molecule has 10 rings (SSSR count). The van der Waals surface area contributed by atoms with Crippen LogP contribution in [0.15, 0.2) is 103 Å². The Morgan fingerprint density at radius 1 is 0.662 bits per heavy atom. The molecule has 6 fully saturated rings. The summed E-state index contributed by atoms with van der Waals surface area (Å²) in [5, 5.41) is 4.17. The van der Waals surface area contributed by atoms with E-state index in [9.17, 15) is 0 Å². The summed E-state index contributed by atoms with van der Waals surface area (Å²) in [4.78, 5) is 0. The second kappa shape index (κ2) is 18.3. The zero-order valence-corrected chi connectivity index (χ0v) is 44.3. The Morgan fingerprint density at radius 2 is 1.28 bits per heavy atom. The summed E-state index contributed by atoms with van der Waals surface area (Å²) in [6, 6.07) is 33.7. The van der Waals surface area contributed by atoms with Crippen LogP contribution in [-0.2, 0) is 37.6 Å². The molecule has 354 valence electrons. The van der Waals surface area contributed by atoms with Crippen molar-refractivity contribution in [1.82, 2.24) is 0 Å². The lowest BCUT2D eigenvalue weighted by atomic mass is 9.73. The number of halogens is 1. The molecule has 6 saturated heterocycles. The van der Waals surface area contributed by atoms with Gasteiger partial charge in [-0.1, -0.05) is 67.6 Å². The highest BCUT2D eigenvalue weighted by atomic mass is 127. The van der Waals surface area contributed by atoms with E-state index in [1.165, 1.54) is 21.5 Å². The van der Waals surface area contributed by atoms with E-state index in [2.05, 4.69) is 158 Å². The number of fused-ring (bicyclic) bond motifs is 6. The van der Waals surface area contributed by atoms with Crippen molar-refractivity contribution in [2.75, 3.05) is 12.8 Å². The molecule has 0 radical (unpaired) electrons.